The third-order valence-corrected chi connectivity index (χ3v) is 3.21. The summed E-state index contributed by atoms with van der Waals surface area (Å²) in [5, 5.41) is 19.8. The van der Waals surface area contributed by atoms with Gasteiger partial charge in [-0.3, -0.25) is 9.59 Å². The van der Waals surface area contributed by atoms with Gasteiger partial charge in [0.2, 0.25) is 5.91 Å². The van der Waals surface area contributed by atoms with Crippen molar-refractivity contribution in [1.82, 2.24) is 5.32 Å². The molecule has 7 nitrogen and oxygen atoms in total. The summed E-state index contributed by atoms with van der Waals surface area (Å²) in [5.41, 5.74) is 1.18. The maximum atomic E-state index is 11.7. The third-order valence-electron chi connectivity index (χ3n) is 3.21. The van der Waals surface area contributed by atoms with E-state index in [-0.39, 0.29) is 25.9 Å². The molecule has 1 atom stereocenters. The summed E-state index contributed by atoms with van der Waals surface area (Å²) < 4.78 is 5.41. The van der Waals surface area contributed by atoms with E-state index in [1.54, 1.807) is 0 Å². The van der Waals surface area contributed by atoms with Crippen molar-refractivity contribution in [3.8, 4) is 5.75 Å². The Balaban J connectivity index is 2.36. The minimum absolute atomic E-state index is 0.00756. The Bertz CT molecular complexity index is 540. The van der Waals surface area contributed by atoms with Crippen molar-refractivity contribution in [1.29, 1.82) is 0 Å². The van der Waals surface area contributed by atoms with E-state index in [0.29, 0.717) is 5.75 Å². The van der Waals surface area contributed by atoms with Gasteiger partial charge in [0.1, 0.15) is 11.8 Å². The van der Waals surface area contributed by atoms with Crippen LogP contribution < -0.4 is 10.1 Å². The summed E-state index contributed by atoms with van der Waals surface area (Å²) in [6.07, 6.45) is 0.440. The molecule has 0 aliphatic carbocycles. The quantitative estimate of drug-likeness (QED) is 0.601. The number of carboxylic acids is 2. The van der Waals surface area contributed by atoms with Crippen LogP contribution in [0.5, 0.6) is 5.75 Å². The summed E-state index contributed by atoms with van der Waals surface area (Å²) in [4.78, 5) is 33.1. The zero-order chi connectivity index (χ0) is 17.2. The molecule has 126 valence electrons. The molecule has 0 aliphatic rings. The van der Waals surface area contributed by atoms with Crippen molar-refractivity contribution in [2.75, 3.05) is 6.61 Å². The molecule has 0 spiro atoms. The summed E-state index contributed by atoms with van der Waals surface area (Å²) >= 11 is 0. The first kappa shape index (κ1) is 18.5. The number of carbonyl (C=O) groups excluding carboxylic acids is 1. The highest BCUT2D eigenvalue weighted by Crippen LogP contribution is 2.12. The van der Waals surface area contributed by atoms with Crippen molar-refractivity contribution in [3.63, 3.8) is 0 Å². The topological polar surface area (TPSA) is 113 Å². The molecule has 0 saturated carbocycles. The van der Waals surface area contributed by atoms with Crippen LogP contribution in [0.25, 0.3) is 0 Å². The first-order valence-electron chi connectivity index (χ1n) is 7.38. The largest absolute Gasteiger partial charge is 0.493 e. The number of benzene rings is 1. The molecule has 1 amide bonds. The Labute approximate surface area is 134 Å². The van der Waals surface area contributed by atoms with Gasteiger partial charge in [0.05, 0.1) is 13.0 Å². The number of aryl methyl sites for hydroxylation is 1. The summed E-state index contributed by atoms with van der Waals surface area (Å²) in [6, 6.07) is 6.28. The van der Waals surface area contributed by atoms with E-state index in [0.717, 1.165) is 6.42 Å². The Morgan fingerprint density at radius 3 is 2.30 bits per heavy atom. The lowest BCUT2D eigenvalue weighted by Gasteiger charge is -2.13. The molecule has 0 aliphatic heterocycles. The van der Waals surface area contributed by atoms with E-state index < -0.39 is 23.9 Å². The van der Waals surface area contributed by atoms with E-state index in [1.165, 1.54) is 5.56 Å². The van der Waals surface area contributed by atoms with Crippen molar-refractivity contribution in [3.05, 3.63) is 29.8 Å². The minimum Gasteiger partial charge on any atom is -0.493 e. The smallest absolute Gasteiger partial charge is 0.326 e. The van der Waals surface area contributed by atoms with Gasteiger partial charge in [0, 0.05) is 6.42 Å². The Hall–Kier alpha value is -2.57. The monoisotopic (exact) mass is 323 g/mol. The first-order valence-corrected chi connectivity index (χ1v) is 7.38. The molecule has 1 aromatic rings. The van der Waals surface area contributed by atoms with Crippen LogP contribution in [0.15, 0.2) is 24.3 Å². The molecule has 0 heterocycles. The summed E-state index contributed by atoms with van der Waals surface area (Å²) in [5.74, 6) is -2.22. The van der Waals surface area contributed by atoms with Crippen molar-refractivity contribution in [2.45, 2.75) is 38.6 Å². The third kappa shape index (κ3) is 7.30. The average Bonchev–Trinajstić information content (AvgIpc) is 2.51. The number of nitrogens with one attached hydrogen (secondary N) is 1. The highest BCUT2D eigenvalue weighted by Gasteiger charge is 2.20. The highest BCUT2D eigenvalue weighted by molar-refractivity contribution is 5.84. The highest BCUT2D eigenvalue weighted by atomic mass is 16.5. The maximum absolute atomic E-state index is 11.7. The van der Waals surface area contributed by atoms with Gasteiger partial charge >= 0.3 is 11.9 Å². The number of rotatable bonds is 10. The molecule has 0 bridgehead atoms. The number of amides is 1. The molecule has 3 N–H and O–H groups in total. The zero-order valence-electron chi connectivity index (χ0n) is 12.9. The molecular weight excluding hydrogens is 302 g/mol. The molecule has 7 heteroatoms. The fourth-order valence-electron chi connectivity index (χ4n) is 1.87. The van der Waals surface area contributed by atoms with Gasteiger partial charge in [0.15, 0.2) is 0 Å². The Kier molecular flexibility index (Phi) is 7.59. The van der Waals surface area contributed by atoms with Crippen LogP contribution in [0.3, 0.4) is 0 Å². The predicted molar refractivity (Wildman–Crippen MR) is 82.4 cm³/mol. The number of hydrogen-bond donors (Lipinski definition) is 3. The predicted octanol–water partition coefficient (Wildman–Crippen LogP) is 1.45. The zero-order valence-corrected chi connectivity index (χ0v) is 12.9. The molecule has 1 aromatic carbocycles. The lowest BCUT2D eigenvalue weighted by atomic mass is 10.1. The SMILES string of the molecule is CCc1ccc(OCCC(=O)NC(CCC(=O)O)C(=O)O)cc1. The average molecular weight is 323 g/mol. The number of hydrogen-bond acceptors (Lipinski definition) is 4. The minimum atomic E-state index is -1.25. The number of ether oxygens (including phenoxy) is 1. The molecule has 0 aromatic heterocycles. The van der Waals surface area contributed by atoms with Crippen molar-refractivity contribution < 1.29 is 29.3 Å². The second-order valence-electron chi connectivity index (χ2n) is 4.99. The normalized spacial score (nSPS) is 11.5. The van der Waals surface area contributed by atoms with Crippen molar-refractivity contribution >= 4 is 17.8 Å². The Morgan fingerprint density at radius 2 is 1.78 bits per heavy atom. The van der Waals surface area contributed by atoms with Crippen LogP contribution in [0.2, 0.25) is 0 Å². The first-order chi connectivity index (χ1) is 10.9. The van der Waals surface area contributed by atoms with Crippen molar-refractivity contribution in [2.24, 2.45) is 0 Å². The fourth-order valence-corrected chi connectivity index (χ4v) is 1.87. The molecule has 0 saturated heterocycles. The van der Waals surface area contributed by atoms with Gasteiger partial charge in [-0.15, -0.1) is 0 Å². The van der Waals surface area contributed by atoms with Gasteiger partial charge in [-0.1, -0.05) is 19.1 Å². The van der Waals surface area contributed by atoms with E-state index in [1.807, 2.05) is 31.2 Å². The van der Waals surface area contributed by atoms with Crippen LogP contribution in [-0.4, -0.2) is 40.7 Å². The van der Waals surface area contributed by atoms with E-state index >= 15 is 0 Å². The second kappa shape index (κ2) is 9.45. The number of carboxylic acid groups (broad SMARTS) is 2. The Morgan fingerprint density at radius 1 is 1.13 bits per heavy atom. The van der Waals surface area contributed by atoms with E-state index in [4.69, 9.17) is 14.9 Å². The van der Waals surface area contributed by atoms with Crippen LogP contribution in [0.1, 0.15) is 31.7 Å². The van der Waals surface area contributed by atoms with Crippen LogP contribution in [-0.2, 0) is 20.8 Å². The van der Waals surface area contributed by atoms with Gasteiger partial charge in [-0.25, -0.2) is 4.79 Å². The van der Waals surface area contributed by atoms with Gasteiger partial charge in [-0.2, -0.15) is 0 Å². The summed E-state index contributed by atoms with van der Waals surface area (Å²) in [6.45, 7) is 2.16. The standard InChI is InChI=1S/C16H21NO6/c1-2-11-3-5-12(6-4-11)23-10-9-14(18)17-13(16(21)22)7-8-15(19)20/h3-6,13H,2,7-10H2,1H3,(H,17,18)(H,19,20)(H,21,22). The summed E-state index contributed by atoms with van der Waals surface area (Å²) in [7, 11) is 0. The number of aliphatic carboxylic acids is 2. The fraction of sp³-hybridized carbons (Fsp3) is 0.438. The number of carbonyl (C=O) groups is 3. The maximum Gasteiger partial charge on any atom is 0.326 e. The molecule has 1 unspecified atom stereocenters. The van der Waals surface area contributed by atoms with Crippen LogP contribution in [0.4, 0.5) is 0 Å². The molecule has 0 radical (unpaired) electrons. The van der Waals surface area contributed by atoms with E-state index in [2.05, 4.69) is 5.32 Å². The van der Waals surface area contributed by atoms with E-state index in [9.17, 15) is 14.4 Å². The van der Waals surface area contributed by atoms with Crippen LogP contribution in [0, 0.1) is 0 Å². The molecule has 23 heavy (non-hydrogen) atoms. The lowest BCUT2D eigenvalue weighted by Crippen LogP contribution is -2.41. The van der Waals surface area contributed by atoms with Gasteiger partial charge in [0.25, 0.3) is 0 Å². The molecule has 1 rings (SSSR count). The van der Waals surface area contributed by atoms with Gasteiger partial charge < -0.3 is 20.3 Å². The molecular formula is C16H21NO6. The second-order valence-corrected chi connectivity index (χ2v) is 4.99. The lowest BCUT2D eigenvalue weighted by molar-refractivity contribution is -0.143. The van der Waals surface area contributed by atoms with Crippen LogP contribution >= 0.6 is 0 Å². The molecule has 0 fully saturated rings. The van der Waals surface area contributed by atoms with Gasteiger partial charge in [-0.05, 0) is 30.5 Å².